The van der Waals surface area contributed by atoms with E-state index in [-0.39, 0.29) is 5.40 Å². The van der Waals surface area contributed by atoms with E-state index in [1.807, 2.05) is 0 Å². The van der Waals surface area contributed by atoms with Gasteiger partial charge in [0.05, 0.1) is 5.40 Å². The maximum absolute atomic E-state index is 5.94. The molecule has 0 amide bonds. The molecule has 0 aromatic heterocycles. The number of hydrogen-bond donors (Lipinski definition) is 0. The number of rotatable bonds is 0. The second-order valence-electron chi connectivity index (χ2n) is 4.60. The van der Waals surface area contributed by atoms with Gasteiger partial charge in [0.2, 0.25) is 0 Å². The fourth-order valence-corrected chi connectivity index (χ4v) is 2.07. The molecular formula is C13H16B2O. The SMILES string of the molecule is BC1(B)C=Cc2c(ccc(=C/C)/c2=C\C)O1. The van der Waals surface area contributed by atoms with Crippen LogP contribution >= 0.6 is 0 Å². The van der Waals surface area contributed by atoms with Crippen molar-refractivity contribution < 1.29 is 4.74 Å². The van der Waals surface area contributed by atoms with Crippen LogP contribution in [-0.4, -0.2) is 21.1 Å². The summed E-state index contributed by atoms with van der Waals surface area (Å²) in [6, 6.07) is 4.17. The van der Waals surface area contributed by atoms with Crippen LogP contribution in [0.1, 0.15) is 19.4 Å². The molecule has 0 fully saturated rings. The van der Waals surface area contributed by atoms with Crippen molar-refractivity contribution in [3.63, 3.8) is 0 Å². The van der Waals surface area contributed by atoms with Crippen molar-refractivity contribution in [2.45, 2.75) is 19.2 Å². The molecule has 1 aliphatic rings. The predicted octanol–water partition coefficient (Wildman–Crippen LogP) is -0.387. The quantitative estimate of drug-likeness (QED) is 0.530. The first kappa shape index (κ1) is 11.1. The lowest BCUT2D eigenvalue weighted by atomic mass is 9.64. The van der Waals surface area contributed by atoms with Gasteiger partial charge in [-0.15, -0.1) is 0 Å². The van der Waals surface area contributed by atoms with Gasteiger partial charge in [0.1, 0.15) is 5.75 Å². The molecule has 2 rings (SSSR count). The Bertz CT molecular complexity index is 556. The van der Waals surface area contributed by atoms with Gasteiger partial charge in [-0.3, -0.25) is 0 Å². The number of benzene rings is 1. The molecule has 1 heterocycles. The second-order valence-corrected chi connectivity index (χ2v) is 4.60. The van der Waals surface area contributed by atoms with E-state index >= 15 is 0 Å². The standard InChI is InChI=1S/C13H16B2O/c1-3-9-5-6-12-11(10(9)4-2)7-8-13(14,15)16-12/h3-8H,14-15H2,1-2H3/b9-3-,10-4+. The lowest BCUT2D eigenvalue weighted by Gasteiger charge is -2.28. The summed E-state index contributed by atoms with van der Waals surface area (Å²) in [7, 11) is 4.14. The highest BCUT2D eigenvalue weighted by Crippen LogP contribution is 2.24. The molecule has 80 valence electrons. The summed E-state index contributed by atoms with van der Waals surface area (Å²) in [5.74, 6) is 0.978. The minimum absolute atomic E-state index is 0.199. The van der Waals surface area contributed by atoms with Crippen LogP contribution in [-0.2, 0) is 0 Å². The molecule has 1 aromatic rings. The maximum atomic E-state index is 5.94. The minimum atomic E-state index is -0.199. The van der Waals surface area contributed by atoms with E-state index in [4.69, 9.17) is 4.74 Å². The molecular weight excluding hydrogens is 194 g/mol. The Hall–Kier alpha value is -1.37. The average Bonchev–Trinajstić information content (AvgIpc) is 2.26. The first-order valence-electron chi connectivity index (χ1n) is 5.71. The van der Waals surface area contributed by atoms with Gasteiger partial charge < -0.3 is 4.74 Å². The van der Waals surface area contributed by atoms with Gasteiger partial charge >= 0.3 is 0 Å². The fraction of sp³-hybridized carbons (Fsp3) is 0.231. The third-order valence-corrected chi connectivity index (χ3v) is 2.90. The summed E-state index contributed by atoms with van der Waals surface area (Å²) in [6.45, 7) is 4.13. The Labute approximate surface area is 98.3 Å². The van der Waals surface area contributed by atoms with Crippen molar-refractivity contribution in [3.05, 3.63) is 34.2 Å². The molecule has 0 atom stereocenters. The number of ether oxygens (including phenoxy) is 1. The zero-order valence-corrected chi connectivity index (χ0v) is 10.4. The molecule has 16 heavy (non-hydrogen) atoms. The van der Waals surface area contributed by atoms with Gasteiger partial charge in [-0.05, 0) is 30.4 Å². The van der Waals surface area contributed by atoms with E-state index in [0.717, 1.165) is 5.75 Å². The summed E-state index contributed by atoms with van der Waals surface area (Å²) in [5, 5.41) is 2.32. The van der Waals surface area contributed by atoms with Crippen LogP contribution in [0.2, 0.25) is 0 Å². The zero-order chi connectivity index (χ0) is 11.8. The predicted molar refractivity (Wildman–Crippen MR) is 75.5 cm³/mol. The van der Waals surface area contributed by atoms with Gasteiger partial charge in [0.25, 0.3) is 0 Å². The van der Waals surface area contributed by atoms with Crippen LogP contribution in [0.3, 0.4) is 0 Å². The van der Waals surface area contributed by atoms with E-state index in [1.165, 1.54) is 16.0 Å². The molecule has 0 N–H and O–H groups in total. The van der Waals surface area contributed by atoms with Crippen molar-refractivity contribution in [2.24, 2.45) is 0 Å². The highest BCUT2D eigenvalue weighted by Gasteiger charge is 2.21. The maximum Gasteiger partial charge on any atom is 0.152 e. The van der Waals surface area contributed by atoms with Crippen molar-refractivity contribution in [3.8, 4) is 5.75 Å². The van der Waals surface area contributed by atoms with Gasteiger partial charge in [0, 0.05) is 5.56 Å². The molecule has 0 radical (unpaired) electrons. The molecule has 1 aliphatic heterocycles. The Kier molecular flexibility index (Phi) is 2.71. The van der Waals surface area contributed by atoms with Crippen molar-refractivity contribution >= 4 is 33.9 Å². The molecule has 0 saturated carbocycles. The Morgan fingerprint density at radius 1 is 1.19 bits per heavy atom. The van der Waals surface area contributed by atoms with Crippen LogP contribution in [0.4, 0.5) is 0 Å². The largest absolute Gasteiger partial charge is 0.501 e. The van der Waals surface area contributed by atoms with Gasteiger partial charge in [-0.1, -0.05) is 30.4 Å². The molecule has 0 bridgehead atoms. The molecule has 1 nitrogen and oxygen atoms in total. The molecule has 0 saturated heterocycles. The summed E-state index contributed by atoms with van der Waals surface area (Å²) >= 11 is 0. The number of hydrogen-bond acceptors (Lipinski definition) is 1. The summed E-state index contributed by atoms with van der Waals surface area (Å²) in [4.78, 5) is 0. The monoisotopic (exact) mass is 210 g/mol. The molecule has 1 aromatic carbocycles. The highest BCUT2D eigenvalue weighted by molar-refractivity contribution is 6.41. The van der Waals surface area contributed by atoms with E-state index in [1.54, 1.807) is 0 Å². The minimum Gasteiger partial charge on any atom is -0.501 e. The summed E-state index contributed by atoms with van der Waals surface area (Å²) in [6.07, 6.45) is 8.55. The fourth-order valence-electron chi connectivity index (χ4n) is 2.07. The third-order valence-electron chi connectivity index (χ3n) is 2.90. The summed E-state index contributed by atoms with van der Waals surface area (Å²) < 4.78 is 5.94. The molecule has 0 spiro atoms. The lowest BCUT2D eigenvalue weighted by molar-refractivity contribution is 0.284. The molecule has 3 heteroatoms. The van der Waals surface area contributed by atoms with Crippen LogP contribution < -0.4 is 15.2 Å². The first-order valence-corrected chi connectivity index (χ1v) is 5.71. The lowest BCUT2D eigenvalue weighted by Crippen LogP contribution is -2.39. The van der Waals surface area contributed by atoms with E-state index in [0.29, 0.717) is 0 Å². The van der Waals surface area contributed by atoms with Gasteiger partial charge in [-0.2, -0.15) is 0 Å². The summed E-state index contributed by atoms with van der Waals surface area (Å²) in [5.41, 5.74) is 1.19. The van der Waals surface area contributed by atoms with Gasteiger partial charge in [-0.25, -0.2) is 0 Å². The van der Waals surface area contributed by atoms with Crippen molar-refractivity contribution in [2.75, 3.05) is 0 Å². The Morgan fingerprint density at radius 2 is 1.94 bits per heavy atom. The Morgan fingerprint density at radius 3 is 2.56 bits per heavy atom. The first-order chi connectivity index (χ1) is 7.57. The third kappa shape index (κ3) is 1.82. The van der Waals surface area contributed by atoms with Crippen molar-refractivity contribution in [1.82, 2.24) is 0 Å². The smallest absolute Gasteiger partial charge is 0.152 e. The van der Waals surface area contributed by atoms with E-state index in [2.05, 4.69) is 66.0 Å². The normalized spacial score (nSPS) is 19.4. The van der Waals surface area contributed by atoms with Crippen LogP contribution in [0.5, 0.6) is 5.75 Å². The van der Waals surface area contributed by atoms with Gasteiger partial charge in [0.15, 0.2) is 15.7 Å². The van der Waals surface area contributed by atoms with Crippen LogP contribution in [0.25, 0.3) is 18.2 Å². The average molecular weight is 210 g/mol. The zero-order valence-electron chi connectivity index (χ0n) is 10.4. The van der Waals surface area contributed by atoms with Crippen LogP contribution in [0, 0.1) is 0 Å². The Balaban J connectivity index is 2.75. The molecule has 0 unspecified atom stereocenters. The molecule has 0 aliphatic carbocycles. The van der Waals surface area contributed by atoms with Crippen molar-refractivity contribution in [1.29, 1.82) is 0 Å². The van der Waals surface area contributed by atoms with Crippen LogP contribution in [0.15, 0.2) is 18.2 Å². The topological polar surface area (TPSA) is 9.23 Å². The number of fused-ring (bicyclic) bond motifs is 1. The van der Waals surface area contributed by atoms with E-state index in [9.17, 15) is 0 Å². The highest BCUT2D eigenvalue weighted by atomic mass is 16.5. The van der Waals surface area contributed by atoms with E-state index < -0.39 is 0 Å². The second kappa shape index (κ2) is 3.89.